The number of aromatic nitrogens is 1. The van der Waals surface area contributed by atoms with E-state index in [2.05, 4.69) is 0 Å². The van der Waals surface area contributed by atoms with Crippen LogP contribution in [-0.2, 0) is 21.9 Å². The molecule has 7 heteroatoms. The van der Waals surface area contributed by atoms with Crippen LogP contribution >= 0.6 is 0 Å². The van der Waals surface area contributed by atoms with Crippen molar-refractivity contribution in [3.63, 3.8) is 0 Å². The van der Waals surface area contributed by atoms with Gasteiger partial charge in [-0.2, -0.15) is 0 Å². The molecular weight excluding hydrogens is 336 g/mol. The number of nitrogens with zero attached hydrogens (tertiary/aromatic N) is 2. The summed E-state index contributed by atoms with van der Waals surface area (Å²) >= 11 is 0. The van der Waals surface area contributed by atoms with Gasteiger partial charge in [0.1, 0.15) is 5.60 Å². The van der Waals surface area contributed by atoms with E-state index in [-0.39, 0.29) is 11.7 Å². The second-order valence-electron chi connectivity index (χ2n) is 8.23. The highest BCUT2D eigenvalue weighted by Crippen LogP contribution is 2.67. The molecule has 7 nitrogen and oxygen atoms in total. The van der Waals surface area contributed by atoms with E-state index in [0.29, 0.717) is 29.1 Å². The molecule has 0 aromatic carbocycles. The van der Waals surface area contributed by atoms with Crippen molar-refractivity contribution in [2.75, 3.05) is 13.7 Å². The molecule has 0 radical (unpaired) electrons. The number of aryl methyl sites for hydroxylation is 1. The molecule has 0 bridgehead atoms. The third-order valence-electron chi connectivity index (χ3n) is 5.40. The van der Waals surface area contributed by atoms with E-state index in [4.69, 9.17) is 9.47 Å². The average molecular weight is 358 g/mol. The molecule has 1 aliphatic heterocycles. The molecule has 0 N–H and O–H groups in total. The number of ether oxygens (including phenoxy) is 2. The Morgan fingerprint density at radius 2 is 2.00 bits per heavy atom. The number of rotatable bonds is 1. The van der Waals surface area contributed by atoms with Crippen molar-refractivity contribution in [2.24, 2.45) is 13.0 Å². The summed E-state index contributed by atoms with van der Waals surface area (Å²) in [7, 11) is 3.07. The quantitative estimate of drug-likeness (QED) is 0.721. The van der Waals surface area contributed by atoms with Gasteiger partial charge in [-0.15, -0.1) is 0 Å². The number of piperidine rings is 1. The highest BCUT2D eigenvalue weighted by atomic mass is 16.6. The van der Waals surface area contributed by atoms with Gasteiger partial charge in [-0.3, -0.25) is 9.69 Å². The van der Waals surface area contributed by atoms with Gasteiger partial charge in [0, 0.05) is 42.5 Å². The zero-order valence-corrected chi connectivity index (χ0v) is 15.6. The summed E-state index contributed by atoms with van der Waals surface area (Å²) in [5, 5.41) is 0. The fraction of sp³-hybridized carbons (Fsp3) is 0.526. The van der Waals surface area contributed by atoms with Gasteiger partial charge in [-0.1, -0.05) is 0 Å². The van der Waals surface area contributed by atoms with Crippen LogP contribution in [0.5, 0.6) is 0 Å². The number of carbonyl (C=O) groups excluding carboxylic acids is 3. The van der Waals surface area contributed by atoms with Crippen molar-refractivity contribution < 1.29 is 23.9 Å². The van der Waals surface area contributed by atoms with E-state index in [9.17, 15) is 14.4 Å². The average Bonchev–Trinajstić information content (AvgIpc) is 2.98. The summed E-state index contributed by atoms with van der Waals surface area (Å²) in [6.45, 7) is 5.91. The SMILES string of the molecule is COC(=O)c1cn(C)c2c1C13CC1CN(C(=O)OC(C)(C)C)C3=CC2=O. The Kier molecular flexibility index (Phi) is 3.24. The van der Waals surface area contributed by atoms with E-state index in [1.165, 1.54) is 13.2 Å². The number of esters is 1. The van der Waals surface area contributed by atoms with Gasteiger partial charge >= 0.3 is 12.1 Å². The first-order valence-electron chi connectivity index (χ1n) is 8.65. The van der Waals surface area contributed by atoms with E-state index >= 15 is 0 Å². The molecule has 1 aromatic heterocycles. The van der Waals surface area contributed by atoms with Crippen molar-refractivity contribution in [2.45, 2.75) is 38.2 Å². The van der Waals surface area contributed by atoms with Crippen molar-refractivity contribution >= 4 is 17.8 Å². The molecule has 3 aliphatic rings. The summed E-state index contributed by atoms with van der Waals surface area (Å²) in [4.78, 5) is 39.2. The summed E-state index contributed by atoms with van der Waals surface area (Å²) < 4.78 is 12.1. The van der Waals surface area contributed by atoms with Crippen LogP contribution in [0.1, 0.15) is 53.6 Å². The summed E-state index contributed by atoms with van der Waals surface area (Å²) in [6, 6.07) is 0. The largest absolute Gasteiger partial charge is 0.465 e. The minimum atomic E-state index is -0.620. The fourth-order valence-electron chi connectivity index (χ4n) is 4.39. The monoisotopic (exact) mass is 358 g/mol. The van der Waals surface area contributed by atoms with E-state index < -0.39 is 23.1 Å². The summed E-state index contributed by atoms with van der Waals surface area (Å²) in [5.74, 6) is -0.495. The number of ketones is 1. The minimum absolute atomic E-state index is 0.180. The minimum Gasteiger partial charge on any atom is -0.465 e. The van der Waals surface area contributed by atoms with Crippen LogP contribution in [0.25, 0.3) is 0 Å². The number of likely N-dealkylation sites (tertiary alicyclic amines) is 1. The lowest BCUT2D eigenvalue weighted by atomic mass is 9.83. The molecule has 1 amide bonds. The van der Waals surface area contributed by atoms with Crippen molar-refractivity contribution in [3.05, 3.63) is 34.8 Å². The molecule has 2 heterocycles. The number of carbonyl (C=O) groups is 3. The Morgan fingerprint density at radius 1 is 1.31 bits per heavy atom. The standard InChI is InChI=1S/C19H22N2O5/c1-18(2,3)26-17(24)21-8-10-7-19(10)13(21)6-12(22)15-14(19)11(9-20(15)4)16(23)25-5/h6,9-10H,7-8H2,1-5H3. The van der Waals surface area contributed by atoms with Crippen LogP contribution < -0.4 is 0 Å². The maximum absolute atomic E-state index is 12.8. The van der Waals surface area contributed by atoms with Gasteiger partial charge in [0.15, 0.2) is 0 Å². The number of amides is 1. The maximum Gasteiger partial charge on any atom is 0.414 e. The Morgan fingerprint density at radius 3 is 2.62 bits per heavy atom. The molecule has 4 rings (SSSR count). The molecule has 1 spiro atoms. The highest BCUT2D eigenvalue weighted by Gasteiger charge is 2.69. The van der Waals surface area contributed by atoms with Crippen LogP contribution in [0.3, 0.4) is 0 Å². The topological polar surface area (TPSA) is 77.8 Å². The second-order valence-corrected chi connectivity index (χ2v) is 8.23. The maximum atomic E-state index is 12.8. The molecule has 2 aliphatic carbocycles. The van der Waals surface area contributed by atoms with Crippen LogP contribution in [0.4, 0.5) is 4.79 Å². The van der Waals surface area contributed by atoms with Gasteiger partial charge < -0.3 is 14.0 Å². The molecule has 1 saturated heterocycles. The van der Waals surface area contributed by atoms with Crippen LogP contribution in [-0.4, -0.2) is 46.6 Å². The third-order valence-corrected chi connectivity index (χ3v) is 5.40. The third kappa shape index (κ3) is 2.09. The van der Waals surface area contributed by atoms with Crippen molar-refractivity contribution in [1.82, 2.24) is 9.47 Å². The van der Waals surface area contributed by atoms with Gasteiger partial charge in [0.2, 0.25) is 5.78 Å². The predicted octanol–water partition coefficient (Wildman–Crippen LogP) is 2.40. The van der Waals surface area contributed by atoms with Crippen LogP contribution in [0, 0.1) is 5.92 Å². The lowest BCUT2D eigenvalue weighted by molar-refractivity contribution is 0.0322. The van der Waals surface area contributed by atoms with Crippen LogP contribution in [0.15, 0.2) is 18.0 Å². The smallest absolute Gasteiger partial charge is 0.414 e. The van der Waals surface area contributed by atoms with E-state index in [0.717, 1.165) is 6.42 Å². The Labute approximate surface area is 151 Å². The second kappa shape index (κ2) is 4.99. The molecule has 26 heavy (non-hydrogen) atoms. The first kappa shape index (κ1) is 16.9. The lowest BCUT2D eigenvalue weighted by Gasteiger charge is -2.30. The zero-order valence-electron chi connectivity index (χ0n) is 15.6. The lowest BCUT2D eigenvalue weighted by Crippen LogP contribution is -2.38. The first-order chi connectivity index (χ1) is 12.1. The Hall–Kier alpha value is -2.57. The van der Waals surface area contributed by atoms with Crippen molar-refractivity contribution in [1.29, 1.82) is 0 Å². The highest BCUT2D eigenvalue weighted by molar-refractivity contribution is 6.10. The number of methoxy groups -OCH3 is 1. The Bertz CT molecular complexity index is 888. The van der Waals surface area contributed by atoms with Gasteiger partial charge in [0.05, 0.1) is 18.4 Å². The van der Waals surface area contributed by atoms with Gasteiger partial charge in [-0.05, 0) is 33.1 Å². The van der Waals surface area contributed by atoms with E-state index in [1.807, 2.05) is 20.8 Å². The molecule has 1 saturated carbocycles. The predicted molar refractivity (Wildman–Crippen MR) is 91.9 cm³/mol. The zero-order chi connectivity index (χ0) is 19.0. The molecule has 138 valence electrons. The molecule has 1 aromatic rings. The normalized spacial score (nSPS) is 25.9. The number of hydrogen-bond donors (Lipinski definition) is 0. The molecule has 2 fully saturated rings. The molecule has 2 atom stereocenters. The number of fused-ring (bicyclic) bond motifs is 1. The van der Waals surface area contributed by atoms with Crippen LogP contribution in [0.2, 0.25) is 0 Å². The summed E-state index contributed by atoms with van der Waals surface area (Å²) in [6.07, 6.45) is 3.53. The van der Waals surface area contributed by atoms with Crippen molar-refractivity contribution in [3.8, 4) is 0 Å². The Balaban J connectivity index is 1.80. The molecule has 2 unspecified atom stereocenters. The summed E-state index contributed by atoms with van der Waals surface area (Å²) in [5.41, 5.74) is 1.16. The number of hydrogen-bond acceptors (Lipinski definition) is 5. The number of allylic oxidation sites excluding steroid dienone is 2. The first-order valence-corrected chi connectivity index (χ1v) is 8.65. The van der Waals surface area contributed by atoms with E-state index in [1.54, 1.807) is 22.7 Å². The fourth-order valence-corrected chi connectivity index (χ4v) is 4.39. The van der Waals surface area contributed by atoms with Gasteiger partial charge in [-0.25, -0.2) is 9.59 Å². The molecular formula is C19H22N2O5. The van der Waals surface area contributed by atoms with Gasteiger partial charge in [0.25, 0.3) is 0 Å².